The number of aliphatic hydroxyl groups excluding tert-OH is 1. The Morgan fingerprint density at radius 2 is 1.83 bits per heavy atom. The number of hydrogen-bond donors (Lipinski definition) is 1. The summed E-state index contributed by atoms with van der Waals surface area (Å²) in [4.78, 5) is 9.97. The molecular formula is C24H32N4O. The van der Waals surface area contributed by atoms with Crippen LogP contribution < -0.4 is 0 Å². The summed E-state index contributed by atoms with van der Waals surface area (Å²) in [5.74, 6) is 1.15. The Labute approximate surface area is 173 Å². The zero-order valence-corrected chi connectivity index (χ0v) is 17.4. The quantitative estimate of drug-likeness (QED) is 0.640. The van der Waals surface area contributed by atoms with Crippen LogP contribution in [0.15, 0.2) is 54.6 Å². The van der Waals surface area contributed by atoms with Gasteiger partial charge in [-0.3, -0.25) is 9.80 Å². The molecule has 0 amide bonds. The highest BCUT2D eigenvalue weighted by Crippen LogP contribution is 2.20. The Bertz CT molecular complexity index is 908. The molecule has 0 bridgehead atoms. The molecule has 5 nitrogen and oxygen atoms in total. The Balaban J connectivity index is 1.42. The van der Waals surface area contributed by atoms with Gasteiger partial charge in [-0.15, -0.1) is 0 Å². The zero-order valence-electron chi connectivity index (χ0n) is 17.4. The van der Waals surface area contributed by atoms with Crippen molar-refractivity contribution in [3.8, 4) is 0 Å². The molecule has 0 radical (unpaired) electrons. The minimum Gasteiger partial charge on any atom is -0.396 e. The molecule has 1 aliphatic heterocycles. The minimum atomic E-state index is 0.244. The van der Waals surface area contributed by atoms with E-state index in [-0.39, 0.29) is 6.61 Å². The van der Waals surface area contributed by atoms with E-state index in [1.165, 1.54) is 11.1 Å². The summed E-state index contributed by atoms with van der Waals surface area (Å²) in [6, 6.07) is 19.5. The number of rotatable bonds is 8. The van der Waals surface area contributed by atoms with Gasteiger partial charge in [-0.2, -0.15) is 0 Å². The van der Waals surface area contributed by atoms with Gasteiger partial charge >= 0.3 is 0 Å². The molecule has 4 rings (SSSR count). The lowest BCUT2D eigenvalue weighted by Crippen LogP contribution is -2.53. The van der Waals surface area contributed by atoms with Crippen LogP contribution in [0.5, 0.6) is 0 Å². The zero-order chi connectivity index (χ0) is 20.1. The summed E-state index contributed by atoms with van der Waals surface area (Å²) in [7, 11) is 0. The van der Waals surface area contributed by atoms with Gasteiger partial charge in [0.15, 0.2) is 0 Å². The molecule has 29 heavy (non-hydrogen) atoms. The van der Waals surface area contributed by atoms with Crippen molar-refractivity contribution in [2.45, 2.75) is 38.9 Å². The first-order chi connectivity index (χ1) is 14.3. The van der Waals surface area contributed by atoms with E-state index in [0.717, 1.165) is 63.5 Å². The highest BCUT2D eigenvalue weighted by molar-refractivity contribution is 5.75. The van der Waals surface area contributed by atoms with Gasteiger partial charge in [-0.05, 0) is 37.5 Å². The van der Waals surface area contributed by atoms with E-state index in [2.05, 4.69) is 75.9 Å². The molecule has 2 aromatic carbocycles. The fourth-order valence-electron chi connectivity index (χ4n) is 4.53. The number of piperazine rings is 1. The van der Waals surface area contributed by atoms with Gasteiger partial charge in [0, 0.05) is 45.4 Å². The van der Waals surface area contributed by atoms with Gasteiger partial charge in [0.1, 0.15) is 5.82 Å². The first-order valence-electron chi connectivity index (χ1n) is 10.8. The largest absolute Gasteiger partial charge is 0.396 e. The van der Waals surface area contributed by atoms with E-state index < -0.39 is 0 Å². The minimum absolute atomic E-state index is 0.244. The van der Waals surface area contributed by atoms with Crippen molar-refractivity contribution < 1.29 is 5.11 Å². The topological polar surface area (TPSA) is 44.5 Å². The number of benzene rings is 2. The molecule has 1 aromatic heterocycles. The molecule has 1 aliphatic rings. The molecule has 1 atom stereocenters. The van der Waals surface area contributed by atoms with Gasteiger partial charge in [-0.25, -0.2) is 4.98 Å². The lowest BCUT2D eigenvalue weighted by atomic mass is 10.1. The number of para-hydroxylation sites is 2. The fraction of sp³-hybridized carbons (Fsp3) is 0.458. The predicted octanol–water partition coefficient (Wildman–Crippen LogP) is 3.17. The van der Waals surface area contributed by atoms with Crippen molar-refractivity contribution in [3.05, 3.63) is 66.0 Å². The van der Waals surface area contributed by atoms with Crippen LogP contribution in [0.2, 0.25) is 0 Å². The van der Waals surface area contributed by atoms with Gasteiger partial charge in [-0.1, -0.05) is 42.5 Å². The predicted molar refractivity (Wildman–Crippen MR) is 118 cm³/mol. The van der Waals surface area contributed by atoms with Crippen molar-refractivity contribution in [3.63, 3.8) is 0 Å². The summed E-state index contributed by atoms with van der Waals surface area (Å²) >= 11 is 0. The number of imidazole rings is 1. The standard InChI is InChI=1S/C24H32N4O/c1-2-28-23-11-7-6-10-22(23)25-24(28)19-26-15-16-27(21(18-26)13-17-29)14-12-20-8-4-3-5-9-20/h3-11,21,29H,2,12-19H2,1H3. The maximum Gasteiger partial charge on any atom is 0.124 e. The second-order valence-corrected chi connectivity index (χ2v) is 7.93. The van der Waals surface area contributed by atoms with Crippen molar-refractivity contribution in [1.29, 1.82) is 0 Å². The van der Waals surface area contributed by atoms with E-state index in [9.17, 15) is 5.11 Å². The number of hydrogen-bond acceptors (Lipinski definition) is 4. The third-order valence-corrected chi connectivity index (χ3v) is 6.10. The molecule has 1 fully saturated rings. The molecule has 1 N–H and O–H groups in total. The molecular weight excluding hydrogens is 360 g/mol. The second-order valence-electron chi connectivity index (χ2n) is 7.93. The summed E-state index contributed by atoms with van der Waals surface area (Å²) in [5, 5.41) is 9.61. The lowest BCUT2D eigenvalue weighted by molar-refractivity contribution is 0.0545. The monoisotopic (exact) mass is 392 g/mol. The maximum absolute atomic E-state index is 9.61. The van der Waals surface area contributed by atoms with E-state index in [4.69, 9.17) is 4.98 Å². The van der Waals surface area contributed by atoms with Crippen LogP contribution in [-0.4, -0.2) is 63.3 Å². The normalized spacial score (nSPS) is 18.5. The SMILES string of the molecule is CCn1c(CN2CCN(CCc3ccccc3)C(CCO)C2)nc2ccccc21. The van der Waals surface area contributed by atoms with Crippen molar-refractivity contribution in [1.82, 2.24) is 19.4 Å². The van der Waals surface area contributed by atoms with Crippen LogP contribution in [0, 0.1) is 0 Å². The summed E-state index contributed by atoms with van der Waals surface area (Å²) in [6.07, 6.45) is 1.89. The fourth-order valence-corrected chi connectivity index (χ4v) is 4.53. The van der Waals surface area contributed by atoms with E-state index in [1.54, 1.807) is 0 Å². The number of aliphatic hydroxyl groups is 1. The summed E-state index contributed by atoms with van der Waals surface area (Å²) in [5.41, 5.74) is 3.69. The Hall–Kier alpha value is -2.21. The van der Waals surface area contributed by atoms with Crippen molar-refractivity contribution in [2.24, 2.45) is 0 Å². The van der Waals surface area contributed by atoms with Crippen LogP contribution in [0.25, 0.3) is 11.0 Å². The van der Waals surface area contributed by atoms with Crippen molar-refractivity contribution in [2.75, 3.05) is 32.8 Å². The molecule has 1 unspecified atom stereocenters. The molecule has 2 heterocycles. The molecule has 3 aromatic rings. The smallest absolute Gasteiger partial charge is 0.124 e. The van der Waals surface area contributed by atoms with E-state index >= 15 is 0 Å². The van der Waals surface area contributed by atoms with Gasteiger partial charge in [0.25, 0.3) is 0 Å². The Morgan fingerprint density at radius 1 is 1.03 bits per heavy atom. The van der Waals surface area contributed by atoms with Gasteiger partial charge in [0.2, 0.25) is 0 Å². The van der Waals surface area contributed by atoms with Crippen LogP contribution in [0.3, 0.4) is 0 Å². The van der Waals surface area contributed by atoms with Gasteiger partial charge < -0.3 is 9.67 Å². The Kier molecular flexibility index (Phi) is 6.60. The van der Waals surface area contributed by atoms with E-state index in [1.807, 2.05) is 0 Å². The average molecular weight is 393 g/mol. The highest BCUT2D eigenvalue weighted by Gasteiger charge is 2.27. The Morgan fingerprint density at radius 3 is 2.62 bits per heavy atom. The first-order valence-corrected chi connectivity index (χ1v) is 10.8. The number of aromatic nitrogens is 2. The lowest BCUT2D eigenvalue weighted by Gasteiger charge is -2.41. The van der Waals surface area contributed by atoms with Gasteiger partial charge in [0.05, 0.1) is 17.6 Å². The average Bonchev–Trinajstić information content (AvgIpc) is 3.11. The van der Waals surface area contributed by atoms with Crippen LogP contribution in [-0.2, 0) is 19.5 Å². The maximum atomic E-state index is 9.61. The third-order valence-electron chi connectivity index (χ3n) is 6.10. The first kappa shape index (κ1) is 20.1. The van der Waals surface area contributed by atoms with Crippen molar-refractivity contribution >= 4 is 11.0 Å². The molecule has 1 saturated heterocycles. The summed E-state index contributed by atoms with van der Waals surface area (Å²) < 4.78 is 2.33. The van der Waals surface area contributed by atoms with Crippen LogP contribution >= 0.6 is 0 Å². The number of nitrogens with zero attached hydrogens (tertiary/aromatic N) is 4. The van der Waals surface area contributed by atoms with Crippen LogP contribution in [0.1, 0.15) is 24.7 Å². The number of aryl methyl sites for hydroxylation is 1. The molecule has 5 heteroatoms. The second kappa shape index (κ2) is 9.53. The highest BCUT2D eigenvalue weighted by atomic mass is 16.3. The third kappa shape index (κ3) is 4.69. The molecule has 0 spiro atoms. The van der Waals surface area contributed by atoms with E-state index in [0.29, 0.717) is 6.04 Å². The molecule has 154 valence electrons. The number of fused-ring (bicyclic) bond motifs is 1. The molecule has 0 aliphatic carbocycles. The summed E-state index contributed by atoms with van der Waals surface area (Å²) in [6.45, 7) is 8.37. The molecule has 0 saturated carbocycles. The van der Waals surface area contributed by atoms with Crippen LogP contribution in [0.4, 0.5) is 0 Å².